The molecule has 106 valence electrons. The molecule has 20 heavy (non-hydrogen) atoms. The van der Waals surface area contributed by atoms with E-state index in [1.54, 1.807) is 26.1 Å². The molecule has 2 rings (SSSR count). The summed E-state index contributed by atoms with van der Waals surface area (Å²) >= 11 is 0. The van der Waals surface area contributed by atoms with Gasteiger partial charge in [0.25, 0.3) is 10.0 Å². The quantitative estimate of drug-likeness (QED) is 0.571. The molecule has 0 aliphatic carbocycles. The van der Waals surface area contributed by atoms with Crippen molar-refractivity contribution in [3.05, 3.63) is 41.7 Å². The largest absolute Gasteiger partial charge is 0.384 e. The van der Waals surface area contributed by atoms with Crippen LogP contribution in [0.2, 0.25) is 0 Å². The van der Waals surface area contributed by atoms with E-state index >= 15 is 0 Å². The number of nitrogens with zero attached hydrogens (tertiary/aromatic N) is 2. The topological polar surface area (TPSA) is 114 Å². The summed E-state index contributed by atoms with van der Waals surface area (Å²) < 4.78 is 28.3. The first-order valence-corrected chi connectivity index (χ1v) is 7.24. The highest BCUT2D eigenvalue weighted by atomic mass is 32.2. The molecule has 0 atom stereocenters. The van der Waals surface area contributed by atoms with Crippen molar-refractivity contribution < 1.29 is 8.42 Å². The van der Waals surface area contributed by atoms with Crippen LogP contribution in [0.15, 0.2) is 35.5 Å². The number of rotatable bonds is 4. The third kappa shape index (κ3) is 2.80. The number of aryl methyl sites for hydroxylation is 2. The summed E-state index contributed by atoms with van der Waals surface area (Å²) in [4.78, 5) is 0.0765. The molecule has 0 unspecified atom stereocenters. The zero-order valence-corrected chi connectivity index (χ0v) is 11.9. The Bertz CT molecular complexity index is 764. The number of sulfonamides is 1. The van der Waals surface area contributed by atoms with Crippen LogP contribution in [0.4, 0.5) is 5.69 Å². The van der Waals surface area contributed by atoms with E-state index in [2.05, 4.69) is 9.82 Å². The van der Waals surface area contributed by atoms with Crippen molar-refractivity contribution in [3.63, 3.8) is 0 Å². The van der Waals surface area contributed by atoms with Gasteiger partial charge in [0.1, 0.15) is 10.7 Å². The fourth-order valence-corrected chi connectivity index (χ4v) is 2.75. The second-order valence-corrected chi connectivity index (χ2v) is 6.08. The zero-order valence-electron chi connectivity index (χ0n) is 11.1. The molecule has 0 aliphatic heterocycles. The Morgan fingerprint density at radius 2 is 2.15 bits per heavy atom. The van der Waals surface area contributed by atoms with Gasteiger partial charge in [-0.15, -0.1) is 0 Å². The van der Waals surface area contributed by atoms with Gasteiger partial charge in [-0.1, -0.05) is 12.1 Å². The summed E-state index contributed by atoms with van der Waals surface area (Å²) in [7, 11) is -2.06. The van der Waals surface area contributed by atoms with Crippen LogP contribution in [0.3, 0.4) is 0 Å². The van der Waals surface area contributed by atoms with Crippen LogP contribution in [-0.2, 0) is 17.1 Å². The first-order valence-electron chi connectivity index (χ1n) is 5.76. The maximum Gasteiger partial charge on any atom is 0.265 e. The molecule has 0 saturated heterocycles. The van der Waals surface area contributed by atoms with Gasteiger partial charge in [-0.25, -0.2) is 8.42 Å². The van der Waals surface area contributed by atoms with Crippen molar-refractivity contribution in [1.29, 1.82) is 5.41 Å². The second kappa shape index (κ2) is 4.97. The number of aromatic nitrogens is 2. The molecule has 0 fully saturated rings. The van der Waals surface area contributed by atoms with Gasteiger partial charge >= 0.3 is 0 Å². The number of nitrogens with one attached hydrogen (secondary N) is 2. The van der Waals surface area contributed by atoms with Crippen LogP contribution < -0.4 is 10.5 Å². The standard InChI is InChI=1S/C12H15N5O2S/c1-8-3-4-9(12(13)14)5-11(8)16-20(18,19)10-6-15-17(2)7-10/h3-7,16H,1-2H3,(H3,13,14). The number of hydrogen-bond donors (Lipinski definition) is 3. The summed E-state index contributed by atoms with van der Waals surface area (Å²) in [6, 6.07) is 4.91. The van der Waals surface area contributed by atoms with Gasteiger partial charge in [-0.3, -0.25) is 14.8 Å². The second-order valence-electron chi connectivity index (χ2n) is 4.40. The molecule has 0 aliphatic rings. The predicted molar refractivity (Wildman–Crippen MR) is 76.2 cm³/mol. The molecule has 8 heteroatoms. The number of nitrogens with two attached hydrogens (primary N) is 1. The van der Waals surface area contributed by atoms with Crippen molar-refractivity contribution in [2.45, 2.75) is 11.8 Å². The molecule has 0 spiro atoms. The number of anilines is 1. The highest BCUT2D eigenvalue weighted by Crippen LogP contribution is 2.20. The molecule has 0 amide bonds. The molecule has 7 nitrogen and oxygen atoms in total. The minimum absolute atomic E-state index is 0.0765. The average molecular weight is 293 g/mol. The summed E-state index contributed by atoms with van der Waals surface area (Å²) in [5.41, 5.74) is 6.99. The van der Waals surface area contributed by atoms with E-state index in [1.165, 1.54) is 23.1 Å². The Morgan fingerprint density at radius 1 is 1.45 bits per heavy atom. The molecule has 0 saturated carbocycles. The van der Waals surface area contributed by atoms with E-state index in [9.17, 15) is 8.42 Å². The smallest absolute Gasteiger partial charge is 0.265 e. The van der Waals surface area contributed by atoms with Crippen LogP contribution in [0.25, 0.3) is 0 Å². The maximum absolute atomic E-state index is 12.2. The Labute approximate surface area is 117 Å². The molecule has 4 N–H and O–H groups in total. The Kier molecular flexibility index (Phi) is 3.49. The maximum atomic E-state index is 12.2. The van der Waals surface area contributed by atoms with Gasteiger partial charge < -0.3 is 5.73 Å². The third-order valence-corrected chi connectivity index (χ3v) is 4.10. The van der Waals surface area contributed by atoms with Gasteiger partial charge in [0.05, 0.1) is 11.9 Å². The SMILES string of the molecule is Cc1ccc(C(=N)N)cc1NS(=O)(=O)c1cnn(C)c1. The van der Waals surface area contributed by atoms with E-state index in [4.69, 9.17) is 11.1 Å². The molecular weight excluding hydrogens is 278 g/mol. The normalized spacial score (nSPS) is 11.3. The van der Waals surface area contributed by atoms with Crippen molar-refractivity contribution in [3.8, 4) is 0 Å². The number of amidine groups is 1. The lowest BCUT2D eigenvalue weighted by molar-refractivity contribution is 0.601. The fraction of sp³-hybridized carbons (Fsp3) is 0.167. The van der Waals surface area contributed by atoms with Crippen molar-refractivity contribution in [2.24, 2.45) is 12.8 Å². The van der Waals surface area contributed by atoms with E-state index in [-0.39, 0.29) is 10.7 Å². The van der Waals surface area contributed by atoms with Crippen LogP contribution in [0.5, 0.6) is 0 Å². The van der Waals surface area contributed by atoms with Crippen LogP contribution in [0, 0.1) is 12.3 Å². The number of nitrogen functional groups attached to an aromatic ring is 1. The molecule has 0 bridgehead atoms. The Hall–Kier alpha value is -2.35. The van der Waals surface area contributed by atoms with Gasteiger partial charge in [-0.2, -0.15) is 5.10 Å². The molecule has 1 aromatic heterocycles. The summed E-state index contributed by atoms with van der Waals surface area (Å²) in [6.07, 6.45) is 2.68. The van der Waals surface area contributed by atoms with E-state index < -0.39 is 10.0 Å². The van der Waals surface area contributed by atoms with E-state index in [1.807, 2.05) is 0 Å². The highest BCUT2D eigenvalue weighted by Gasteiger charge is 2.17. The molecule has 0 radical (unpaired) electrons. The van der Waals surface area contributed by atoms with Crippen LogP contribution >= 0.6 is 0 Å². The van der Waals surface area contributed by atoms with Crippen LogP contribution in [-0.4, -0.2) is 24.0 Å². The lowest BCUT2D eigenvalue weighted by Gasteiger charge is -2.10. The van der Waals surface area contributed by atoms with E-state index in [0.29, 0.717) is 11.3 Å². The average Bonchev–Trinajstić information content (AvgIpc) is 2.79. The Balaban J connectivity index is 2.39. The Morgan fingerprint density at radius 3 is 2.70 bits per heavy atom. The predicted octanol–water partition coefficient (Wildman–Crippen LogP) is 0.813. The minimum atomic E-state index is -3.70. The van der Waals surface area contributed by atoms with Gasteiger partial charge in [-0.05, 0) is 18.6 Å². The molecule has 1 heterocycles. The third-order valence-electron chi connectivity index (χ3n) is 2.78. The lowest BCUT2D eigenvalue weighted by Crippen LogP contribution is -2.15. The summed E-state index contributed by atoms with van der Waals surface area (Å²) in [5.74, 6) is -0.119. The summed E-state index contributed by atoms with van der Waals surface area (Å²) in [6.45, 7) is 1.77. The molecular formula is C12H15N5O2S. The minimum Gasteiger partial charge on any atom is -0.384 e. The van der Waals surface area contributed by atoms with Crippen LogP contribution in [0.1, 0.15) is 11.1 Å². The summed E-state index contributed by atoms with van der Waals surface area (Å²) in [5, 5.41) is 11.2. The van der Waals surface area contributed by atoms with Gasteiger partial charge in [0.2, 0.25) is 0 Å². The molecule has 2 aromatic rings. The monoisotopic (exact) mass is 293 g/mol. The van der Waals surface area contributed by atoms with Crippen molar-refractivity contribution in [2.75, 3.05) is 4.72 Å². The van der Waals surface area contributed by atoms with Crippen molar-refractivity contribution >= 4 is 21.5 Å². The van der Waals surface area contributed by atoms with Gasteiger partial charge in [0.15, 0.2) is 0 Å². The number of benzene rings is 1. The number of hydrogen-bond acceptors (Lipinski definition) is 4. The zero-order chi connectivity index (χ0) is 14.9. The first kappa shape index (κ1) is 14.1. The molecule has 1 aromatic carbocycles. The first-order chi connectivity index (χ1) is 9.29. The fourth-order valence-electron chi connectivity index (χ4n) is 1.64. The lowest BCUT2D eigenvalue weighted by atomic mass is 10.1. The van der Waals surface area contributed by atoms with E-state index in [0.717, 1.165) is 5.56 Å². The van der Waals surface area contributed by atoms with Gasteiger partial charge in [0, 0.05) is 18.8 Å². The highest BCUT2D eigenvalue weighted by molar-refractivity contribution is 7.92. The van der Waals surface area contributed by atoms with Crippen molar-refractivity contribution in [1.82, 2.24) is 9.78 Å².